The lowest BCUT2D eigenvalue weighted by atomic mass is 10.2. The van der Waals surface area contributed by atoms with E-state index >= 15 is 0 Å². The van der Waals surface area contributed by atoms with Crippen molar-refractivity contribution in [2.75, 3.05) is 0 Å². The Kier molecular flexibility index (Phi) is 4.39. The van der Waals surface area contributed by atoms with Crippen molar-refractivity contribution >= 4 is 23.1 Å². The predicted octanol–water partition coefficient (Wildman–Crippen LogP) is 3.73. The lowest BCUT2D eigenvalue weighted by Crippen LogP contribution is -2.03. The smallest absolute Gasteiger partial charge is 0.213 e. The second-order valence-corrected chi connectivity index (χ2v) is 6.88. The topological polar surface area (TPSA) is 69.6 Å². The summed E-state index contributed by atoms with van der Waals surface area (Å²) < 4.78 is 6.91. The van der Waals surface area contributed by atoms with Gasteiger partial charge in [0, 0.05) is 0 Å². The van der Waals surface area contributed by atoms with Crippen LogP contribution in [0, 0.1) is 0 Å². The number of rotatable bonds is 6. The third-order valence-corrected chi connectivity index (χ3v) is 5.21. The Labute approximate surface area is 146 Å². The number of hydrogen-bond acceptors (Lipinski definition) is 7. The lowest BCUT2D eigenvalue weighted by molar-refractivity contribution is 0.412. The van der Waals surface area contributed by atoms with Gasteiger partial charge in [0.1, 0.15) is 0 Å². The van der Waals surface area contributed by atoms with Crippen molar-refractivity contribution < 1.29 is 4.52 Å². The predicted molar refractivity (Wildman–Crippen MR) is 92.7 cm³/mol. The zero-order chi connectivity index (χ0) is 16.2. The Morgan fingerprint density at radius 2 is 2.00 bits per heavy atom. The zero-order valence-corrected chi connectivity index (χ0v) is 14.2. The molecular formula is C16H13N5OS2. The highest BCUT2D eigenvalue weighted by atomic mass is 32.2. The molecular weight excluding hydrogens is 342 g/mol. The number of aromatic nitrogens is 5. The van der Waals surface area contributed by atoms with Crippen LogP contribution in [0.1, 0.15) is 11.4 Å². The van der Waals surface area contributed by atoms with Crippen LogP contribution in [0.2, 0.25) is 0 Å². The highest BCUT2D eigenvalue weighted by Gasteiger charge is 2.16. The second-order valence-electron chi connectivity index (χ2n) is 4.99. The van der Waals surface area contributed by atoms with Gasteiger partial charge in [0.2, 0.25) is 6.39 Å². The average Bonchev–Trinajstić information content (AvgIpc) is 3.36. The molecule has 0 aliphatic rings. The Balaban J connectivity index is 1.65. The third kappa shape index (κ3) is 3.24. The molecule has 3 aromatic heterocycles. The maximum Gasteiger partial charge on any atom is 0.213 e. The Morgan fingerprint density at radius 3 is 2.75 bits per heavy atom. The number of hydrogen-bond donors (Lipinski definition) is 0. The van der Waals surface area contributed by atoms with Crippen LogP contribution in [0.4, 0.5) is 0 Å². The summed E-state index contributed by atoms with van der Waals surface area (Å²) >= 11 is 3.21. The molecule has 8 heteroatoms. The van der Waals surface area contributed by atoms with Crippen molar-refractivity contribution in [2.24, 2.45) is 0 Å². The van der Waals surface area contributed by atoms with Crippen LogP contribution in [-0.2, 0) is 12.3 Å². The lowest BCUT2D eigenvalue weighted by Gasteiger charge is -2.09. The summed E-state index contributed by atoms with van der Waals surface area (Å²) in [5, 5.41) is 15.5. The standard InChI is InChI=1S/C16H13N5OS2/c1-2-5-12(6-3-1)9-21-15(13-7-4-8-23-13)18-19-16(21)24-10-14-17-11-22-20-14/h1-8,11H,9-10H2. The number of benzene rings is 1. The summed E-state index contributed by atoms with van der Waals surface area (Å²) in [6, 6.07) is 14.4. The van der Waals surface area contributed by atoms with E-state index in [1.54, 1.807) is 23.1 Å². The van der Waals surface area contributed by atoms with E-state index in [1.165, 1.54) is 12.0 Å². The van der Waals surface area contributed by atoms with Crippen molar-refractivity contribution in [1.29, 1.82) is 0 Å². The van der Waals surface area contributed by atoms with Crippen LogP contribution < -0.4 is 0 Å². The highest BCUT2D eigenvalue weighted by molar-refractivity contribution is 7.98. The van der Waals surface area contributed by atoms with Crippen LogP contribution in [-0.4, -0.2) is 24.9 Å². The summed E-state index contributed by atoms with van der Waals surface area (Å²) in [5.41, 5.74) is 1.21. The van der Waals surface area contributed by atoms with Crippen molar-refractivity contribution in [3.05, 3.63) is 65.6 Å². The largest absolute Gasteiger partial charge is 0.343 e. The van der Waals surface area contributed by atoms with Gasteiger partial charge in [-0.25, -0.2) is 0 Å². The third-order valence-electron chi connectivity index (χ3n) is 3.38. The Hall–Kier alpha value is -2.45. The van der Waals surface area contributed by atoms with Crippen molar-refractivity contribution in [1.82, 2.24) is 24.9 Å². The molecule has 0 saturated heterocycles. The normalized spacial score (nSPS) is 11.0. The average molecular weight is 355 g/mol. The molecule has 1 aromatic carbocycles. The summed E-state index contributed by atoms with van der Waals surface area (Å²) in [4.78, 5) is 5.15. The van der Waals surface area contributed by atoms with E-state index in [0.717, 1.165) is 22.4 Å². The van der Waals surface area contributed by atoms with E-state index in [-0.39, 0.29) is 0 Å². The number of thiophene rings is 1. The van der Waals surface area contributed by atoms with Gasteiger partial charge in [0.05, 0.1) is 17.2 Å². The second kappa shape index (κ2) is 6.98. The fourth-order valence-corrected chi connectivity index (χ4v) is 3.79. The molecule has 4 rings (SSSR count). The number of thioether (sulfide) groups is 1. The van der Waals surface area contributed by atoms with E-state index < -0.39 is 0 Å². The van der Waals surface area contributed by atoms with Gasteiger partial charge in [0.15, 0.2) is 16.8 Å². The summed E-state index contributed by atoms with van der Waals surface area (Å²) in [5.74, 6) is 2.12. The van der Waals surface area contributed by atoms with Gasteiger partial charge in [0.25, 0.3) is 0 Å². The summed E-state index contributed by atoms with van der Waals surface area (Å²) in [6.07, 6.45) is 1.33. The van der Waals surface area contributed by atoms with Crippen molar-refractivity contribution in [3.8, 4) is 10.7 Å². The van der Waals surface area contributed by atoms with Crippen LogP contribution in [0.3, 0.4) is 0 Å². The van der Waals surface area contributed by atoms with Gasteiger partial charge in [-0.05, 0) is 17.0 Å². The molecule has 0 spiro atoms. The maximum absolute atomic E-state index is 4.78. The minimum atomic E-state index is 0.591. The van der Waals surface area contributed by atoms with Crippen LogP contribution in [0.15, 0.2) is 63.9 Å². The molecule has 0 aliphatic carbocycles. The molecule has 120 valence electrons. The minimum Gasteiger partial charge on any atom is -0.343 e. The quantitative estimate of drug-likeness (QED) is 0.491. The first-order valence-electron chi connectivity index (χ1n) is 7.29. The molecule has 24 heavy (non-hydrogen) atoms. The summed E-state index contributed by atoms with van der Waals surface area (Å²) in [7, 11) is 0. The molecule has 0 bridgehead atoms. The molecule has 3 heterocycles. The van der Waals surface area contributed by atoms with E-state index in [9.17, 15) is 0 Å². The van der Waals surface area contributed by atoms with Gasteiger partial charge in [-0.1, -0.05) is 53.3 Å². The molecule has 0 fully saturated rings. The molecule has 0 N–H and O–H groups in total. The van der Waals surface area contributed by atoms with Crippen molar-refractivity contribution in [3.63, 3.8) is 0 Å². The molecule has 0 amide bonds. The van der Waals surface area contributed by atoms with Crippen LogP contribution >= 0.6 is 23.1 Å². The molecule has 0 atom stereocenters. The van der Waals surface area contributed by atoms with Gasteiger partial charge in [-0.2, -0.15) is 4.98 Å². The molecule has 6 nitrogen and oxygen atoms in total. The highest BCUT2D eigenvalue weighted by Crippen LogP contribution is 2.29. The van der Waals surface area contributed by atoms with E-state index in [4.69, 9.17) is 4.52 Å². The fraction of sp³-hybridized carbons (Fsp3) is 0.125. The molecule has 0 radical (unpaired) electrons. The van der Waals surface area contributed by atoms with E-state index in [1.807, 2.05) is 29.6 Å². The maximum atomic E-state index is 4.78. The van der Waals surface area contributed by atoms with Crippen LogP contribution in [0.25, 0.3) is 10.7 Å². The number of nitrogens with zero attached hydrogens (tertiary/aromatic N) is 5. The van der Waals surface area contributed by atoms with E-state index in [0.29, 0.717) is 11.6 Å². The molecule has 0 aliphatic heterocycles. The molecule has 0 saturated carbocycles. The van der Waals surface area contributed by atoms with Gasteiger partial charge in [-0.15, -0.1) is 21.5 Å². The van der Waals surface area contributed by atoms with Gasteiger partial charge >= 0.3 is 0 Å². The molecule has 0 unspecified atom stereocenters. The molecule has 4 aromatic rings. The zero-order valence-electron chi connectivity index (χ0n) is 12.6. The van der Waals surface area contributed by atoms with Crippen LogP contribution in [0.5, 0.6) is 0 Å². The summed E-state index contributed by atoms with van der Waals surface area (Å²) in [6.45, 7) is 0.718. The Bertz CT molecular complexity index is 888. The first-order valence-corrected chi connectivity index (χ1v) is 9.16. The first kappa shape index (κ1) is 15.1. The SMILES string of the molecule is c1ccc(Cn2c(SCc3ncon3)nnc2-c2cccs2)cc1. The van der Waals surface area contributed by atoms with Crippen molar-refractivity contribution in [2.45, 2.75) is 17.5 Å². The van der Waals surface area contributed by atoms with Gasteiger partial charge < -0.3 is 4.52 Å². The Morgan fingerprint density at radius 1 is 1.08 bits per heavy atom. The van der Waals surface area contributed by atoms with E-state index in [2.05, 4.69) is 43.1 Å². The fourth-order valence-electron chi connectivity index (χ4n) is 2.28. The first-order chi connectivity index (χ1) is 11.9. The monoisotopic (exact) mass is 355 g/mol. The van der Waals surface area contributed by atoms with Gasteiger partial charge in [-0.3, -0.25) is 4.57 Å². The minimum absolute atomic E-state index is 0.591.